The maximum absolute atomic E-state index is 12.7. The van der Waals surface area contributed by atoms with Gasteiger partial charge in [-0.05, 0) is 32.3 Å². The molecule has 0 aromatic carbocycles. The van der Waals surface area contributed by atoms with Gasteiger partial charge in [-0.1, -0.05) is 19.4 Å². The number of hydrogen-bond donors (Lipinski definition) is 2. The fraction of sp³-hybridized carbons (Fsp3) is 0.588. The van der Waals surface area contributed by atoms with Crippen LogP contribution in [0.4, 0.5) is 0 Å². The summed E-state index contributed by atoms with van der Waals surface area (Å²) in [5.74, 6) is -0.735. The molecule has 2 atom stereocenters. The van der Waals surface area contributed by atoms with Crippen molar-refractivity contribution in [3.8, 4) is 0 Å². The Morgan fingerprint density at radius 2 is 2.08 bits per heavy atom. The van der Waals surface area contributed by atoms with Crippen LogP contribution in [-0.2, 0) is 4.79 Å². The molecule has 0 aliphatic carbocycles. The predicted molar refractivity (Wildman–Crippen MR) is 89.0 cm³/mol. The van der Waals surface area contributed by atoms with Gasteiger partial charge in [-0.2, -0.15) is 0 Å². The maximum atomic E-state index is 12.7. The van der Waals surface area contributed by atoms with E-state index < -0.39 is 11.5 Å². The number of carbonyl (C=O) groups is 2. The van der Waals surface area contributed by atoms with Crippen molar-refractivity contribution < 1.29 is 14.8 Å². The smallest absolute Gasteiger partial charge is 0.283 e. The highest BCUT2D eigenvalue weighted by atomic mass is 16.5. The first kappa shape index (κ1) is 18.0. The van der Waals surface area contributed by atoms with Crippen molar-refractivity contribution in [2.45, 2.75) is 45.6 Å². The molecule has 0 spiro atoms. The van der Waals surface area contributed by atoms with Crippen LogP contribution in [0.15, 0.2) is 23.0 Å². The number of carbonyl (C=O) groups excluding carboxylic acids is 2. The normalized spacial score (nSPS) is 20.7. The minimum Gasteiger partial charge on any atom is -0.425 e. The molecule has 1 saturated heterocycles. The van der Waals surface area contributed by atoms with Crippen molar-refractivity contribution in [3.05, 3.63) is 34.2 Å². The molecule has 1 fully saturated rings. The zero-order valence-electron chi connectivity index (χ0n) is 14.2. The van der Waals surface area contributed by atoms with Crippen LogP contribution < -0.4 is 10.9 Å². The second kappa shape index (κ2) is 7.99. The number of rotatable bonds is 5. The lowest BCUT2D eigenvalue weighted by molar-refractivity contribution is -0.126. The zero-order chi connectivity index (χ0) is 17.7. The molecule has 0 radical (unpaired) electrons. The van der Waals surface area contributed by atoms with Crippen LogP contribution >= 0.6 is 0 Å². The third-order valence-corrected chi connectivity index (χ3v) is 4.49. The minimum absolute atomic E-state index is 0.0393. The fourth-order valence-electron chi connectivity index (χ4n) is 2.93. The molecule has 7 heteroatoms. The van der Waals surface area contributed by atoms with Gasteiger partial charge in [0.15, 0.2) is 0 Å². The Hall–Kier alpha value is -2.31. The van der Waals surface area contributed by atoms with Gasteiger partial charge in [-0.25, -0.2) is 0 Å². The van der Waals surface area contributed by atoms with Crippen LogP contribution in [0.1, 0.15) is 50.0 Å². The number of amides is 2. The topological polar surface area (TPSA) is 91.6 Å². The van der Waals surface area contributed by atoms with E-state index in [1.165, 1.54) is 18.2 Å². The lowest BCUT2D eigenvalue weighted by Crippen LogP contribution is -2.50. The minimum atomic E-state index is -0.653. The van der Waals surface area contributed by atoms with Crippen LogP contribution in [0.2, 0.25) is 0 Å². The fourth-order valence-corrected chi connectivity index (χ4v) is 2.93. The largest absolute Gasteiger partial charge is 0.425 e. The van der Waals surface area contributed by atoms with Crippen LogP contribution in [0.5, 0.6) is 0 Å². The molecular weight excluding hydrogens is 310 g/mol. The van der Waals surface area contributed by atoms with Crippen LogP contribution in [0.25, 0.3) is 0 Å². The summed E-state index contributed by atoms with van der Waals surface area (Å²) in [4.78, 5) is 38.0. The van der Waals surface area contributed by atoms with Crippen molar-refractivity contribution >= 4 is 11.8 Å². The summed E-state index contributed by atoms with van der Waals surface area (Å²) in [5, 5.41) is 12.7. The molecule has 2 amide bonds. The number of piperidine rings is 1. The summed E-state index contributed by atoms with van der Waals surface area (Å²) >= 11 is 0. The molecule has 132 valence electrons. The third kappa shape index (κ3) is 3.96. The van der Waals surface area contributed by atoms with Crippen molar-refractivity contribution in [2.24, 2.45) is 5.92 Å². The number of likely N-dealkylation sites (tertiary alicyclic amines) is 1. The molecule has 2 rings (SSSR count). The first-order valence-corrected chi connectivity index (χ1v) is 8.45. The molecule has 2 heterocycles. The van der Waals surface area contributed by atoms with Crippen molar-refractivity contribution in [1.29, 1.82) is 0 Å². The van der Waals surface area contributed by atoms with E-state index in [0.29, 0.717) is 24.2 Å². The van der Waals surface area contributed by atoms with E-state index in [9.17, 15) is 19.6 Å². The molecule has 7 nitrogen and oxygen atoms in total. The number of hydrogen-bond acceptors (Lipinski definition) is 4. The molecule has 1 aliphatic heterocycles. The van der Waals surface area contributed by atoms with Gasteiger partial charge in [-0.3, -0.25) is 14.4 Å². The summed E-state index contributed by atoms with van der Waals surface area (Å²) in [7, 11) is 0. The molecule has 0 saturated carbocycles. The summed E-state index contributed by atoms with van der Waals surface area (Å²) in [6, 6.07) is 3.97. The van der Waals surface area contributed by atoms with E-state index >= 15 is 0 Å². The van der Waals surface area contributed by atoms with E-state index in [1.807, 2.05) is 6.92 Å². The quantitative estimate of drug-likeness (QED) is 0.626. The van der Waals surface area contributed by atoms with E-state index in [4.69, 9.17) is 0 Å². The van der Waals surface area contributed by atoms with Gasteiger partial charge >= 0.3 is 0 Å². The van der Waals surface area contributed by atoms with Crippen LogP contribution in [0.3, 0.4) is 0 Å². The van der Waals surface area contributed by atoms with E-state index in [2.05, 4.69) is 12.2 Å². The highest BCUT2D eigenvalue weighted by Gasteiger charge is 2.34. The lowest BCUT2D eigenvalue weighted by Gasteiger charge is -2.37. The number of nitrogens with zero attached hydrogens (tertiary/aromatic N) is 2. The Morgan fingerprint density at radius 3 is 2.79 bits per heavy atom. The number of aromatic nitrogens is 1. The van der Waals surface area contributed by atoms with Crippen LogP contribution in [-0.4, -0.2) is 45.8 Å². The van der Waals surface area contributed by atoms with E-state index in [0.717, 1.165) is 19.3 Å². The Balaban J connectivity index is 2.10. The second-order valence-corrected chi connectivity index (χ2v) is 6.29. The monoisotopic (exact) mass is 335 g/mol. The Morgan fingerprint density at radius 1 is 1.33 bits per heavy atom. The molecule has 2 N–H and O–H groups in total. The van der Waals surface area contributed by atoms with Gasteiger partial charge in [0.05, 0.1) is 5.92 Å². The summed E-state index contributed by atoms with van der Waals surface area (Å²) in [6.07, 6.45) is 3.37. The maximum Gasteiger partial charge on any atom is 0.283 e. The molecule has 1 aromatic heterocycles. The Bertz CT molecular complexity index is 655. The lowest BCUT2D eigenvalue weighted by atomic mass is 9.92. The molecular formula is C17H25N3O4. The van der Waals surface area contributed by atoms with Gasteiger partial charge in [-0.15, -0.1) is 4.73 Å². The summed E-state index contributed by atoms with van der Waals surface area (Å²) < 4.78 is 0.361. The van der Waals surface area contributed by atoms with Gasteiger partial charge in [0, 0.05) is 25.2 Å². The standard InChI is InChI=1S/C17H25N3O4/c1-3-4-10-18-16(22)13-9-8-12(2)19(11-13)17(23)14-6-5-7-15(21)20(14)24/h5-7,12-13,24H,3-4,8-11H2,1-2H3,(H,18,22). The van der Waals surface area contributed by atoms with Gasteiger partial charge in [0.2, 0.25) is 5.91 Å². The molecule has 1 aromatic rings. The summed E-state index contributed by atoms with van der Waals surface area (Å²) in [5.41, 5.74) is -0.735. The van der Waals surface area contributed by atoms with Crippen molar-refractivity contribution in [3.63, 3.8) is 0 Å². The van der Waals surface area contributed by atoms with Gasteiger partial charge < -0.3 is 15.4 Å². The van der Waals surface area contributed by atoms with Crippen LogP contribution in [0, 0.1) is 5.92 Å². The number of nitrogens with one attached hydrogen (secondary N) is 1. The van der Waals surface area contributed by atoms with Gasteiger partial charge in [0.1, 0.15) is 5.69 Å². The average molecular weight is 335 g/mol. The van der Waals surface area contributed by atoms with Crippen molar-refractivity contribution in [1.82, 2.24) is 14.9 Å². The average Bonchev–Trinajstić information content (AvgIpc) is 2.57. The molecule has 2 unspecified atom stereocenters. The second-order valence-electron chi connectivity index (χ2n) is 6.29. The number of pyridine rings is 1. The Labute approximate surface area is 141 Å². The molecule has 0 bridgehead atoms. The van der Waals surface area contributed by atoms with Gasteiger partial charge in [0.25, 0.3) is 11.5 Å². The SMILES string of the molecule is CCCCNC(=O)C1CCC(C)N(C(=O)c2cccc(=O)n2O)C1. The molecule has 24 heavy (non-hydrogen) atoms. The third-order valence-electron chi connectivity index (χ3n) is 4.49. The molecule has 1 aliphatic rings. The highest BCUT2D eigenvalue weighted by Crippen LogP contribution is 2.23. The van der Waals surface area contributed by atoms with E-state index in [1.54, 1.807) is 4.90 Å². The van der Waals surface area contributed by atoms with Crippen molar-refractivity contribution in [2.75, 3.05) is 13.1 Å². The zero-order valence-corrected chi connectivity index (χ0v) is 14.2. The number of unbranched alkanes of at least 4 members (excludes halogenated alkanes) is 1. The van der Waals surface area contributed by atoms with E-state index in [-0.39, 0.29) is 23.6 Å². The summed E-state index contributed by atoms with van der Waals surface area (Å²) in [6.45, 7) is 4.90. The Kier molecular flexibility index (Phi) is 6.00. The first-order valence-electron chi connectivity index (χ1n) is 8.45. The highest BCUT2D eigenvalue weighted by molar-refractivity contribution is 5.93. The first-order chi connectivity index (χ1) is 11.5. The predicted octanol–water partition coefficient (Wildman–Crippen LogP) is 1.24.